The van der Waals surface area contributed by atoms with Crippen molar-refractivity contribution in [2.75, 3.05) is 0 Å². The van der Waals surface area contributed by atoms with Crippen LogP contribution in [0.15, 0.2) is 54.9 Å². The maximum atomic E-state index is 11.0. The molecule has 0 saturated carbocycles. The van der Waals surface area contributed by atoms with E-state index >= 15 is 0 Å². The number of hydrogen-bond acceptors (Lipinski definition) is 3. The highest BCUT2D eigenvalue weighted by atomic mass is 16.4. The highest BCUT2D eigenvalue weighted by Gasteiger charge is 2.07. The molecule has 0 saturated heterocycles. The molecule has 4 nitrogen and oxygen atoms in total. The molecule has 0 aliphatic carbocycles. The van der Waals surface area contributed by atoms with E-state index in [1.54, 1.807) is 18.5 Å². The second kappa shape index (κ2) is 5.43. The van der Waals surface area contributed by atoms with Crippen molar-refractivity contribution in [3.63, 3.8) is 0 Å². The average molecular weight is 274 g/mol. The first-order valence-corrected chi connectivity index (χ1v) is 6.29. The molecule has 4 heteroatoms. The molecule has 1 N–H and O–H groups in total. The minimum Gasteiger partial charge on any atom is -0.477 e. The minimum absolute atomic E-state index is 0.00328. The molecule has 21 heavy (non-hydrogen) atoms. The van der Waals surface area contributed by atoms with Gasteiger partial charge in [0.15, 0.2) is 0 Å². The summed E-state index contributed by atoms with van der Waals surface area (Å²) >= 11 is 0. The van der Waals surface area contributed by atoms with E-state index < -0.39 is 5.97 Å². The van der Waals surface area contributed by atoms with Gasteiger partial charge in [-0.25, -0.2) is 9.78 Å². The largest absolute Gasteiger partial charge is 0.477 e. The van der Waals surface area contributed by atoms with Crippen LogP contribution in [-0.4, -0.2) is 21.0 Å². The highest BCUT2D eigenvalue weighted by molar-refractivity contribution is 5.91. The first kappa shape index (κ1) is 12.8. The van der Waals surface area contributed by atoms with Gasteiger partial charge in [-0.1, -0.05) is 30.0 Å². The number of fused-ring (bicyclic) bond motifs is 1. The lowest BCUT2D eigenvalue weighted by Crippen LogP contribution is -2.00. The predicted molar refractivity (Wildman–Crippen MR) is 78.9 cm³/mol. The maximum Gasteiger partial charge on any atom is 0.354 e. The first-order valence-electron chi connectivity index (χ1n) is 6.29. The molecule has 0 atom stereocenters. The molecule has 0 aliphatic heterocycles. The monoisotopic (exact) mass is 274 g/mol. The fourth-order valence-electron chi connectivity index (χ4n) is 1.91. The predicted octanol–water partition coefficient (Wildman–Crippen LogP) is 2.73. The lowest BCUT2D eigenvalue weighted by Gasteiger charge is -2.00. The maximum absolute atomic E-state index is 11.0. The van der Waals surface area contributed by atoms with Gasteiger partial charge in [0.05, 0.1) is 11.1 Å². The Kier molecular flexibility index (Phi) is 3.32. The number of aromatic nitrogens is 2. The number of pyridine rings is 2. The van der Waals surface area contributed by atoms with Crippen molar-refractivity contribution in [3.8, 4) is 11.8 Å². The van der Waals surface area contributed by atoms with Crippen molar-refractivity contribution in [3.05, 3.63) is 71.7 Å². The van der Waals surface area contributed by atoms with Crippen LogP contribution in [0.2, 0.25) is 0 Å². The fraction of sp³-hybridized carbons (Fsp3) is 0. The summed E-state index contributed by atoms with van der Waals surface area (Å²) in [5, 5.41) is 9.79. The van der Waals surface area contributed by atoms with Gasteiger partial charge in [0, 0.05) is 23.3 Å². The molecule has 0 fully saturated rings. The molecular weight excluding hydrogens is 264 g/mol. The Morgan fingerprint density at radius 2 is 1.81 bits per heavy atom. The van der Waals surface area contributed by atoms with Crippen molar-refractivity contribution in [2.45, 2.75) is 0 Å². The van der Waals surface area contributed by atoms with E-state index in [-0.39, 0.29) is 5.69 Å². The topological polar surface area (TPSA) is 63.1 Å². The van der Waals surface area contributed by atoms with Gasteiger partial charge in [-0.05, 0) is 24.3 Å². The molecule has 3 aromatic rings. The Morgan fingerprint density at radius 3 is 2.57 bits per heavy atom. The SMILES string of the molecule is O=C(O)c1ccc2cncc(C#Cc3ccccc3)c2n1. The van der Waals surface area contributed by atoms with Gasteiger partial charge in [-0.15, -0.1) is 0 Å². The number of carbonyl (C=O) groups is 1. The van der Waals surface area contributed by atoms with Crippen LogP contribution in [0.3, 0.4) is 0 Å². The first-order chi connectivity index (χ1) is 10.2. The van der Waals surface area contributed by atoms with E-state index in [2.05, 4.69) is 21.8 Å². The second-order valence-electron chi connectivity index (χ2n) is 4.38. The number of nitrogens with zero attached hydrogens (tertiary/aromatic N) is 2. The summed E-state index contributed by atoms with van der Waals surface area (Å²) < 4.78 is 0. The van der Waals surface area contributed by atoms with Crippen LogP contribution < -0.4 is 0 Å². The van der Waals surface area contributed by atoms with Crippen LogP contribution in [0.5, 0.6) is 0 Å². The summed E-state index contributed by atoms with van der Waals surface area (Å²) in [6.45, 7) is 0. The molecule has 0 spiro atoms. The second-order valence-corrected chi connectivity index (χ2v) is 4.38. The zero-order chi connectivity index (χ0) is 14.7. The van der Waals surface area contributed by atoms with E-state index in [0.29, 0.717) is 11.1 Å². The van der Waals surface area contributed by atoms with Gasteiger partial charge in [-0.3, -0.25) is 4.98 Å². The molecule has 2 heterocycles. The van der Waals surface area contributed by atoms with Crippen molar-refractivity contribution in [1.29, 1.82) is 0 Å². The molecule has 100 valence electrons. The molecule has 0 aliphatic rings. The Labute approximate surface area is 121 Å². The average Bonchev–Trinajstić information content (AvgIpc) is 2.53. The number of aromatic carboxylic acids is 1. The van der Waals surface area contributed by atoms with Gasteiger partial charge >= 0.3 is 5.97 Å². The van der Waals surface area contributed by atoms with E-state index in [1.807, 2.05) is 30.3 Å². The molecule has 1 aromatic carbocycles. The summed E-state index contributed by atoms with van der Waals surface area (Å²) in [5.41, 5.74) is 2.04. The number of benzene rings is 1. The van der Waals surface area contributed by atoms with Crippen molar-refractivity contribution >= 4 is 16.9 Å². The summed E-state index contributed by atoms with van der Waals surface area (Å²) in [4.78, 5) is 19.3. The fourth-order valence-corrected chi connectivity index (χ4v) is 1.91. The summed E-state index contributed by atoms with van der Waals surface area (Å²) in [6.07, 6.45) is 3.23. The highest BCUT2D eigenvalue weighted by Crippen LogP contribution is 2.15. The molecule has 0 amide bonds. The number of carboxylic acids is 1. The summed E-state index contributed by atoms with van der Waals surface area (Å²) in [6, 6.07) is 12.7. The lowest BCUT2D eigenvalue weighted by molar-refractivity contribution is 0.0691. The molecule has 0 unspecified atom stereocenters. The van der Waals surface area contributed by atoms with Crippen LogP contribution in [0, 0.1) is 11.8 Å². The van der Waals surface area contributed by atoms with E-state index in [9.17, 15) is 4.79 Å². The summed E-state index contributed by atoms with van der Waals surface area (Å²) in [7, 11) is 0. The van der Waals surface area contributed by atoms with Gasteiger partial charge < -0.3 is 5.11 Å². The Morgan fingerprint density at radius 1 is 1.00 bits per heavy atom. The quantitative estimate of drug-likeness (QED) is 0.693. The van der Waals surface area contributed by atoms with E-state index in [0.717, 1.165) is 10.9 Å². The van der Waals surface area contributed by atoms with Crippen LogP contribution in [-0.2, 0) is 0 Å². The summed E-state index contributed by atoms with van der Waals surface area (Å²) in [5.74, 6) is 4.97. The van der Waals surface area contributed by atoms with Crippen molar-refractivity contribution in [1.82, 2.24) is 9.97 Å². The number of hydrogen-bond donors (Lipinski definition) is 1. The lowest BCUT2D eigenvalue weighted by atomic mass is 10.1. The minimum atomic E-state index is -1.06. The van der Waals surface area contributed by atoms with E-state index in [4.69, 9.17) is 5.11 Å². The standard InChI is InChI=1S/C17H10N2O2/c20-17(21)15-9-8-14-11-18-10-13(16(14)19-15)7-6-12-4-2-1-3-5-12/h1-5,8-11H,(H,20,21). The van der Waals surface area contributed by atoms with Crippen molar-refractivity contribution < 1.29 is 9.90 Å². The van der Waals surface area contributed by atoms with E-state index in [1.165, 1.54) is 6.07 Å². The molecule has 0 bridgehead atoms. The van der Waals surface area contributed by atoms with Gasteiger partial charge in [0.25, 0.3) is 0 Å². The molecular formula is C17H10N2O2. The zero-order valence-electron chi connectivity index (χ0n) is 10.9. The molecule has 2 aromatic heterocycles. The Hall–Kier alpha value is -3.19. The smallest absolute Gasteiger partial charge is 0.354 e. The Balaban J connectivity index is 2.12. The molecule has 3 rings (SSSR count). The van der Waals surface area contributed by atoms with Gasteiger partial charge in [0.2, 0.25) is 0 Å². The third kappa shape index (κ3) is 2.72. The third-order valence-corrected chi connectivity index (χ3v) is 2.93. The number of rotatable bonds is 1. The van der Waals surface area contributed by atoms with Gasteiger partial charge in [0.1, 0.15) is 5.69 Å². The molecule has 0 radical (unpaired) electrons. The van der Waals surface area contributed by atoms with Crippen molar-refractivity contribution in [2.24, 2.45) is 0 Å². The number of carboxylic acid groups (broad SMARTS) is 1. The van der Waals surface area contributed by atoms with Gasteiger partial charge in [-0.2, -0.15) is 0 Å². The Bertz CT molecular complexity index is 877. The van der Waals surface area contributed by atoms with Crippen LogP contribution in [0.4, 0.5) is 0 Å². The van der Waals surface area contributed by atoms with Crippen LogP contribution >= 0.6 is 0 Å². The zero-order valence-corrected chi connectivity index (χ0v) is 10.9. The third-order valence-electron chi connectivity index (χ3n) is 2.93. The van der Waals surface area contributed by atoms with Crippen LogP contribution in [0.25, 0.3) is 10.9 Å². The van der Waals surface area contributed by atoms with Crippen LogP contribution in [0.1, 0.15) is 21.6 Å². The normalized spacial score (nSPS) is 9.90.